The molecule has 1 aromatic rings. The van der Waals surface area contributed by atoms with Gasteiger partial charge in [-0.15, -0.1) is 0 Å². The summed E-state index contributed by atoms with van der Waals surface area (Å²) >= 11 is 0. The molecular weight excluding hydrogens is 236 g/mol. The molecule has 1 atom stereocenters. The summed E-state index contributed by atoms with van der Waals surface area (Å²) in [6.07, 6.45) is 2.62. The lowest BCUT2D eigenvalue weighted by molar-refractivity contribution is 0.412. The molecule has 0 aromatic heterocycles. The minimum Gasteiger partial charge on any atom is -0.497 e. The van der Waals surface area contributed by atoms with E-state index >= 15 is 0 Å². The summed E-state index contributed by atoms with van der Waals surface area (Å²) in [7, 11) is 1.70. The van der Waals surface area contributed by atoms with Gasteiger partial charge < -0.3 is 15.4 Å². The molecule has 2 rings (SSSR count). The highest BCUT2D eigenvalue weighted by atomic mass is 16.5. The van der Waals surface area contributed by atoms with Crippen molar-refractivity contribution in [3.63, 3.8) is 0 Å². The lowest BCUT2D eigenvalue weighted by Crippen LogP contribution is -2.40. The van der Waals surface area contributed by atoms with Crippen molar-refractivity contribution in [1.29, 1.82) is 0 Å². The Labute approximate surface area is 116 Å². The second kappa shape index (κ2) is 6.40. The van der Waals surface area contributed by atoms with Gasteiger partial charge >= 0.3 is 0 Å². The molecule has 3 heteroatoms. The van der Waals surface area contributed by atoms with Crippen molar-refractivity contribution in [1.82, 2.24) is 10.6 Å². The predicted molar refractivity (Wildman–Crippen MR) is 79.9 cm³/mol. The van der Waals surface area contributed by atoms with E-state index in [1.54, 1.807) is 7.11 Å². The summed E-state index contributed by atoms with van der Waals surface area (Å²) in [6, 6.07) is 9.06. The third-order valence-electron chi connectivity index (χ3n) is 3.99. The SMILES string of the molecule is COc1ccc(C(C)(C)CNCC2CCCN2)cc1. The molecule has 0 bridgehead atoms. The van der Waals surface area contributed by atoms with E-state index < -0.39 is 0 Å². The minimum absolute atomic E-state index is 0.144. The van der Waals surface area contributed by atoms with Crippen LogP contribution in [-0.2, 0) is 5.41 Å². The molecule has 0 radical (unpaired) electrons. The first kappa shape index (κ1) is 14.4. The summed E-state index contributed by atoms with van der Waals surface area (Å²) in [5.74, 6) is 0.919. The van der Waals surface area contributed by atoms with E-state index in [2.05, 4.69) is 36.6 Å². The smallest absolute Gasteiger partial charge is 0.118 e. The van der Waals surface area contributed by atoms with Crippen LogP contribution < -0.4 is 15.4 Å². The van der Waals surface area contributed by atoms with Crippen LogP contribution in [-0.4, -0.2) is 32.8 Å². The van der Waals surface area contributed by atoms with Crippen LogP contribution in [0.1, 0.15) is 32.3 Å². The second-order valence-corrected chi connectivity index (χ2v) is 6.04. The van der Waals surface area contributed by atoms with Gasteiger partial charge in [0.25, 0.3) is 0 Å². The van der Waals surface area contributed by atoms with E-state index in [9.17, 15) is 0 Å². The summed E-state index contributed by atoms with van der Waals surface area (Å²) < 4.78 is 5.21. The van der Waals surface area contributed by atoms with Gasteiger partial charge in [-0.2, -0.15) is 0 Å². The van der Waals surface area contributed by atoms with Crippen LogP contribution in [0.25, 0.3) is 0 Å². The monoisotopic (exact) mass is 262 g/mol. The summed E-state index contributed by atoms with van der Waals surface area (Å²) in [5, 5.41) is 7.12. The van der Waals surface area contributed by atoms with E-state index in [1.165, 1.54) is 24.9 Å². The van der Waals surface area contributed by atoms with Gasteiger partial charge in [-0.1, -0.05) is 26.0 Å². The third kappa shape index (κ3) is 3.95. The Kier molecular flexibility index (Phi) is 4.83. The van der Waals surface area contributed by atoms with E-state index in [-0.39, 0.29) is 5.41 Å². The van der Waals surface area contributed by atoms with Gasteiger partial charge in [-0.3, -0.25) is 0 Å². The van der Waals surface area contributed by atoms with Gasteiger partial charge in [0.15, 0.2) is 0 Å². The molecule has 1 fully saturated rings. The zero-order valence-corrected chi connectivity index (χ0v) is 12.3. The van der Waals surface area contributed by atoms with E-state index in [0.717, 1.165) is 18.8 Å². The van der Waals surface area contributed by atoms with Crippen molar-refractivity contribution in [2.45, 2.75) is 38.1 Å². The lowest BCUT2D eigenvalue weighted by atomic mass is 9.84. The van der Waals surface area contributed by atoms with E-state index in [0.29, 0.717) is 6.04 Å². The molecule has 0 aliphatic carbocycles. The summed E-state index contributed by atoms with van der Waals surface area (Å²) in [4.78, 5) is 0. The Morgan fingerprint density at radius 1 is 1.32 bits per heavy atom. The number of methoxy groups -OCH3 is 1. The first-order valence-corrected chi connectivity index (χ1v) is 7.20. The van der Waals surface area contributed by atoms with E-state index in [1.807, 2.05) is 12.1 Å². The summed E-state index contributed by atoms with van der Waals surface area (Å²) in [5.41, 5.74) is 1.49. The Bertz CT molecular complexity index is 380. The molecule has 0 amide bonds. The molecule has 3 nitrogen and oxygen atoms in total. The highest BCUT2D eigenvalue weighted by Gasteiger charge is 2.21. The topological polar surface area (TPSA) is 33.3 Å². The molecule has 106 valence electrons. The minimum atomic E-state index is 0.144. The largest absolute Gasteiger partial charge is 0.497 e. The van der Waals surface area contributed by atoms with Crippen molar-refractivity contribution in [2.75, 3.05) is 26.7 Å². The fourth-order valence-corrected chi connectivity index (χ4v) is 2.63. The Morgan fingerprint density at radius 3 is 2.63 bits per heavy atom. The Balaban J connectivity index is 1.85. The third-order valence-corrected chi connectivity index (χ3v) is 3.99. The van der Waals surface area contributed by atoms with Crippen molar-refractivity contribution in [3.8, 4) is 5.75 Å². The lowest BCUT2D eigenvalue weighted by Gasteiger charge is -2.27. The Morgan fingerprint density at radius 2 is 2.05 bits per heavy atom. The number of hydrogen-bond donors (Lipinski definition) is 2. The number of benzene rings is 1. The maximum atomic E-state index is 5.21. The van der Waals surface area contributed by atoms with Gasteiger partial charge in [0.1, 0.15) is 5.75 Å². The normalized spacial score (nSPS) is 19.6. The van der Waals surface area contributed by atoms with Crippen LogP contribution in [0.5, 0.6) is 5.75 Å². The maximum absolute atomic E-state index is 5.21. The molecule has 1 aliphatic heterocycles. The van der Waals surface area contributed by atoms with Gasteiger partial charge in [0.05, 0.1) is 7.11 Å². The maximum Gasteiger partial charge on any atom is 0.118 e. The van der Waals surface area contributed by atoms with Gasteiger partial charge in [-0.05, 0) is 37.1 Å². The molecule has 2 N–H and O–H groups in total. The van der Waals surface area contributed by atoms with Gasteiger partial charge in [0, 0.05) is 24.5 Å². The first-order valence-electron chi connectivity index (χ1n) is 7.20. The molecule has 0 spiro atoms. The predicted octanol–water partition coefficient (Wildman–Crippen LogP) is 2.31. The van der Waals surface area contributed by atoms with Crippen molar-refractivity contribution < 1.29 is 4.74 Å². The van der Waals surface area contributed by atoms with Crippen molar-refractivity contribution >= 4 is 0 Å². The number of ether oxygens (including phenoxy) is 1. The fraction of sp³-hybridized carbons (Fsp3) is 0.625. The van der Waals surface area contributed by atoms with Crippen molar-refractivity contribution in [3.05, 3.63) is 29.8 Å². The van der Waals surface area contributed by atoms with E-state index in [4.69, 9.17) is 4.74 Å². The summed E-state index contributed by atoms with van der Waals surface area (Å²) in [6.45, 7) is 7.80. The fourth-order valence-electron chi connectivity index (χ4n) is 2.63. The standard InChI is InChI=1S/C16H26N2O/c1-16(2,12-17-11-14-5-4-10-18-14)13-6-8-15(19-3)9-7-13/h6-9,14,17-18H,4-5,10-12H2,1-3H3. The molecule has 19 heavy (non-hydrogen) atoms. The molecular formula is C16H26N2O. The molecule has 1 unspecified atom stereocenters. The average Bonchev–Trinajstić information content (AvgIpc) is 2.92. The first-order chi connectivity index (χ1) is 9.12. The number of hydrogen-bond acceptors (Lipinski definition) is 3. The quantitative estimate of drug-likeness (QED) is 0.825. The molecule has 1 aliphatic rings. The Hall–Kier alpha value is -1.06. The highest BCUT2D eigenvalue weighted by molar-refractivity contribution is 5.31. The van der Waals surface area contributed by atoms with Crippen LogP contribution in [0.15, 0.2) is 24.3 Å². The molecule has 1 heterocycles. The zero-order valence-electron chi connectivity index (χ0n) is 12.3. The zero-order chi connectivity index (χ0) is 13.7. The molecule has 1 saturated heterocycles. The second-order valence-electron chi connectivity index (χ2n) is 6.04. The highest BCUT2D eigenvalue weighted by Crippen LogP contribution is 2.24. The van der Waals surface area contributed by atoms with Crippen molar-refractivity contribution in [2.24, 2.45) is 0 Å². The van der Waals surface area contributed by atoms with Crippen LogP contribution in [0, 0.1) is 0 Å². The number of rotatable bonds is 6. The van der Waals surface area contributed by atoms with Gasteiger partial charge in [-0.25, -0.2) is 0 Å². The van der Waals surface area contributed by atoms with Crippen LogP contribution in [0.4, 0.5) is 0 Å². The van der Waals surface area contributed by atoms with Crippen LogP contribution >= 0.6 is 0 Å². The average molecular weight is 262 g/mol. The van der Waals surface area contributed by atoms with Crippen LogP contribution in [0.3, 0.4) is 0 Å². The van der Waals surface area contributed by atoms with Crippen LogP contribution in [0.2, 0.25) is 0 Å². The van der Waals surface area contributed by atoms with Gasteiger partial charge in [0.2, 0.25) is 0 Å². The number of nitrogens with one attached hydrogen (secondary N) is 2. The molecule has 0 saturated carbocycles. The molecule has 1 aromatic carbocycles.